The van der Waals surface area contributed by atoms with E-state index in [4.69, 9.17) is 0 Å². The van der Waals surface area contributed by atoms with Crippen LogP contribution in [0, 0.1) is 0 Å². The minimum absolute atomic E-state index is 0.149. The molecule has 0 spiro atoms. The van der Waals surface area contributed by atoms with Crippen LogP contribution in [0.15, 0.2) is 62.7 Å². The lowest BCUT2D eigenvalue weighted by Crippen LogP contribution is -2.25. The first-order valence-electron chi connectivity index (χ1n) is 8.11. The number of hydrogen-bond donors (Lipinski definition) is 3. The summed E-state index contributed by atoms with van der Waals surface area (Å²) in [7, 11) is 0. The van der Waals surface area contributed by atoms with E-state index < -0.39 is 23.0 Å². The van der Waals surface area contributed by atoms with E-state index in [0.717, 1.165) is 10.8 Å². The Balaban J connectivity index is 1.83. The number of fused-ring (bicyclic) bond motifs is 1. The second-order valence-corrected chi connectivity index (χ2v) is 6.03. The minimum Gasteiger partial charge on any atom is -0.494 e. The van der Waals surface area contributed by atoms with Gasteiger partial charge in [-0.25, -0.2) is 4.79 Å². The number of benzene rings is 2. The van der Waals surface area contributed by atoms with E-state index >= 15 is 0 Å². The number of anilines is 1. The van der Waals surface area contributed by atoms with E-state index in [-0.39, 0.29) is 11.1 Å². The van der Waals surface area contributed by atoms with Crippen molar-refractivity contribution in [2.24, 2.45) is 5.10 Å². The number of hydrazone groups is 1. The third kappa shape index (κ3) is 2.73. The fourth-order valence-corrected chi connectivity index (χ4v) is 3.00. The number of H-pyrrole nitrogens is 2. The highest BCUT2D eigenvalue weighted by Gasteiger charge is 2.30. The van der Waals surface area contributed by atoms with Crippen LogP contribution in [0.25, 0.3) is 16.8 Å². The Morgan fingerprint density at radius 2 is 1.78 bits per heavy atom. The SMILES string of the molecule is CC1=NN(c2cccc3ccccc23)C(=O)C1=Cc1c(O)[nH]c(=O)[nH]c1=O. The van der Waals surface area contributed by atoms with E-state index in [0.29, 0.717) is 11.4 Å². The van der Waals surface area contributed by atoms with Crippen molar-refractivity contribution in [3.63, 3.8) is 0 Å². The van der Waals surface area contributed by atoms with E-state index in [1.54, 1.807) is 13.0 Å². The molecule has 1 amide bonds. The number of carbonyl (C=O) groups excluding carboxylic acids is 1. The summed E-state index contributed by atoms with van der Waals surface area (Å²) in [5.74, 6) is -1.05. The molecular weight excluding hydrogens is 348 g/mol. The molecule has 0 atom stereocenters. The Labute approximate surface area is 152 Å². The first-order valence-corrected chi connectivity index (χ1v) is 8.11. The van der Waals surface area contributed by atoms with Crippen molar-refractivity contribution in [3.05, 3.63) is 74.4 Å². The van der Waals surface area contributed by atoms with Crippen molar-refractivity contribution in [2.45, 2.75) is 6.92 Å². The molecule has 0 radical (unpaired) electrons. The zero-order valence-electron chi connectivity index (χ0n) is 14.2. The van der Waals surface area contributed by atoms with Gasteiger partial charge in [0, 0.05) is 5.39 Å². The first kappa shape index (κ1) is 16.5. The summed E-state index contributed by atoms with van der Waals surface area (Å²) in [6.07, 6.45) is 1.22. The number of nitrogens with zero attached hydrogens (tertiary/aromatic N) is 2. The predicted octanol–water partition coefficient (Wildman–Crippen LogP) is 1.73. The van der Waals surface area contributed by atoms with Gasteiger partial charge in [0.05, 0.1) is 17.0 Å². The highest BCUT2D eigenvalue weighted by atomic mass is 16.3. The zero-order chi connectivity index (χ0) is 19.1. The molecule has 27 heavy (non-hydrogen) atoms. The number of rotatable bonds is 2. The van der Waals surface area contributed by atoms with Crippen LogP contribution >= 0.6 is 0 Å². The Morgan fingerprint density at radius 3 is 2.56 bits per heavy atom. The molecule has 0 saturated carbocycles. The molecule has 3 N–H and O–H groups in total. The smallest absolute Gasteiger partial charge is 0.328 e. The molecule has 0 unspecified atom stereocenters. The van der Waals surface area contributed by atoms with Gasteiger partial charge in [0.15, 0.2) is 0 Å². The van der Waals surface area contributed by atoms with Gasteiger partial charge in [-0.3, -0.25) is 19.6 Å². The van der Waals surface area contributed by atoms with Crippen molar-refractivity contribution in [1.82, 2.24) is 9.97 Å². The highest BCUT2D eigenvalue weighted by Crippen LogP contribution is 2.31. The maximum absolute atomic E-state index is 12.9. The van der Waals surface area contributed by atoms with Gasteiger partial charge in [-0.15, -0.1) is 0 Å². The number of aromatic hydroxyl groups is 1. The Kier molecular flexibility index (Phi) is 3.73. The number of nitrogens with one attached hydrogen (secondary N) is 2. The van der Waals surface area contributed by atoms with Gasteiger partial charge < -0.3 is 5.11 Å². The van der Waals surface area contributed by atoms with Gasteiger partial charge in [0.2, 0.25) is 5.88 Å². The van der Waals surface area contributed by atoms with Crippen LogP contribution in [-0.4, -0.2) is 26.7 Å². The van der Waals surface area contributed by atoms with E-state index in [1.807, 2.05) is 41.4 Å². The molecule has 0 bridgehead atoms. The maximum Gasteiger partial charge on any atom is 0.328 e. The molecule has 2 heterocycles. The molecule has 0 fully saturated rings. The van der Waals surface area contributed by atoms with Crippen molar-refractivity contribution in [2.75, 3.05) is 5.01 Å². The summed E-state index contributed by atoms with van der Waals surface area (Å²) >= 11 is 0. The summed E-state index contributed by atoms with van der Waals surface area (Å²) in [6, 6.07) is 13.2. The fourth-order valence-electron chi connectivity index (χ4n) is 3.00. The van der Waals surface area contributed by atoms with Crippen LogP contribution in [0.4, 0.5) is 5.69 Å². The molecule has 1 aliphatic rings. The van der Waals surface area contributed by atoms with Crippen LogP contribution in [0.1, 0.15) is 12.5 Å². The van der Waals surface area contributed by atoms with Crippen LogP contribution in [0.5, 0.6) is 5.88 Å². The number of amides is 1. The number of hydrogen-bond acceptors (Lipinski definition) is 5. The van der Waals surface area contributed by atoms with Gasteiger partial charge in [-0.1, -0.05) is 36.4 Å². The van der Waals surface area contributed by atoms with Crippen molar-refractivity contribution in [3.8, 4) is 5.88 Å². The largest absolute Gasteiger partial charge is 0.494 e. The first-order chi connectivity index (χ1) is 13.0. The zero-order valence-corrected chi connectivity index (χ0v) is 14.2. The Morgan fingerprint density at radius 1 is 1.04 bits per heavy atom. The molecule has 1 aromatic heterocycles. The molecule has 1 aliphatic heterocycles. The average molecular weight is 362 g/mol. The van der Waals surface area contributed by atoms with Crippen molar-refractivity contribution >= 4 is 34.2 Å². The van der Waals surface area contributed by atoms with E-state index in [2.05, 4.69) is 10.1 Å². The summed E-state index contributed by atoms with van der Waals surface area (Å²) in [4.78, 5) is 40.2. The van der Waals surface area contributed by atoms with E-state index in [9.17, 15) is 19.5 Å². The third-order valence-corrected chi connectivity index (χ3v) is 4.30. The van der Waals surface area contributed by atoms with Crippen LogP contribution in [0.3, 0.4) is 0 Å². The molecule has 4 rings (SSSR count). The summed E-state index contributed by atoms with van der Waals surface area (Å²) in [6.45, 7) is 1.63. The molecule has 3 aromatic rings. The molecular formula is C19H14N4O4. The van der Waals surface area contributed by atoms with Crippen LogP contribution in [-0.2, 0) is 4.79 Å². The second-order valence-electron chi connectivity index (χ2n) is 6.03. The van der Waals surface area contributed by atoms with Crippen molar-refractivity contribution < 1.29 is 9.90 Å². The summed E-state index contributed by atoms with van der Waals surface area (Å²) in [5.41, 5.74) is -0.699. The number of aromatic nitrogens is 2. The predicted molar refractivity (Wildman–Crippen MR) is 102 cm³/mol. The quantitative estimate of drug-likeness (QED) is 0.602. The summed E-state index contributed by atoms with van der Waals surface area (Å²) in [5, 5.41) is 17.2. The van der Waals surface area contributed by atoms with Crippen LogP contribution < -0.4 is 16.3 Å². The van der Waals surface area contributed by atoms with Gasteiger partial charge in [0.25, 0.3) is 11.5 Å². The normalized spacial score (nSPS) is 15.6. The number of carbonyl (C=O) groups is 1. The maximum atomic E-state index is 12.9. The number of aromatic amines is 2. The lowest BCUT2D eigenvalue weighted by molar-refractivity contribution is -0.114. The third-order valence-electron chi connectivity index (χ3n) is 4.30. The Bertz CT molecular complexity index is 1260. The molecule has 8 heteroatoms. The topological polar surface area (TPSA) is 119 Å². The molecule has 0 aliphatic carbocycles. The molecule has 0 saturated heterocycles. The standard InChI is InChI=1S/C19H14N4O4/c1-10-13(9-14-16(24)20-19(27)21-17(14)25)18(26)23(22-10)15-8-4-6-11-5-2-3-7-12(11)15/h2-9H,1H3,(H3,20,21,24,25,27). The second kappa shape index (κ2) is 6.10. The van der Waals surface area contributed by atoms with Crippen molar-refractivity contribution in [1.29, 1.82) is 0 Å². The summed E-state index contributed by atoms with van der Waals surface area (Å²) < 4.78 is 0. The van der Waals surface area contributed by atoms with Gasteiger partial charge in [-0.2, -0.15) is 10.1 Å². The lowest BCUT2D eigenvalue weighted by Gasteiger charge is -2.14. The van der Waals surface area contributed by atoms with Crippen LogP contribution in [0.2, 0.25) is 0 Å². The van der Waals surface area contributed by atoms with E-state index in [1.165, 1.54) is 11.1 Å². The monoisotopic (exact) mass is 362 g/mol. The highest BCUT2D eigenvalue weighted by molar-refractivity contribution is 6.33. The lowest BCUT2D eigenvalue weighted by atomic mass is 10.1. The fraction of sp³-hybridized carbons (Fsp3) is 0.0526. The average Bonchev–Trinajstić information content (AvgIpc) is 2.91. The van der Waals surface area contributed by atoms with Gasteiger partial charge in [0.1, 0.15) is 5.56 Å². The van der Waals surface area contributed by atoms with Gasteiger partial charge >= 0.3 is 5.69 Å². The molecule has 8 nitrogen and oxygen atoms in total. The van der Waals surface area contributed by atoms with Gasteiger partial charge in [-0.05, 0) is 24.5 Å². The minimum atomic E-state index is -0.833. The Hall–Kier alpha value is -3.94. The molecule has 2 aromatic carbocycles. The molecule has 134 valence electrons.